The van der Waals surface area contributed by atoms with Crippen LogP contribution in [-0.4, -0.2) is 66.2 Å². The van der Waals surface area contributed by atoms with Crippen LogP contribution in [0, 0.1) is 0 Å². The quantitative estimate of drug-likeness (QED) is 0.560. The number of carbonyl (C=O) groups is 1. The topological polar surface area (TPSA) is 92.7 Å². The molecule has 2 saturated heterocycles. The maximum atomic E-state index is 12.7. The summed E-state index contributed by atoms with van der Waals surface area (Å²) in [5.41, 5.74) is 1.91. The van der Waals surface area contributed by atoms with Crippen molar-refractivity contribution in [1.82, 2.24) is 0 Å². The largest absolute Gasteiger partial charge is 0.387 e. The fourth-order valence-corrected chi connectivity index (χ4v) is 4.33. The molecule has 0 amide bonds. The van der Waals surface area contributed by atoms with Crippen LogP contribution in [0.5, 0.6) is 0 Å². The van der Waals surface area contributed by atoms with Crippen molar-refractivity contribution in [2.45, 2.75) is 83.0 Å². The second-order valence-electron chi connectivity index (χ2n) is 10.1. The van der Waals surface area contributed by atoms with E-state index in [9.17, 15) is 9.90 Å². The maximum absolute atomic E-state index is 12.7. The van der Waals surface area contributed by atoms with Crippen molar-refractivity contribution in [3.05, 3.63) is 71.8 Å². The molecule has 4 rings (SSSR count). The van der Waals surface area contributed by atoms with E-state index in [2.05, 4.69) is 0 Å². The first kappa shape index (κ1) is 26.9. The predicted octanol–water partition coefficient (Wildman–Crippen LogP) is 3.39. The Morgan fingerprint density at radius 2 is 1.47 bits per heavy atom. The number of hydrogen-bond donors (Lipinski definition) is 1. The van der Waals surface area contributed by atoms with Crippen molar-refractivity contribution in [2.75, 3.05) is 13.2 Å². The van der Waals surface area contributed by atoms with E-state index in [-0.39, 0.29) is 25.6 Å². The molecule has 2 aromatic rings. The van der Waals surface area contributed by atoms with E-state index in [0.29, 0.717) is 6.61 Å². The van der Waals surface area contributed by atoms with Gasteiger partial charge in [-0.05, 0) is 38.8 Å². The number of aliphatic hydroxyl groups excluding tert-OH is 1. The molecule has 2 aliphatic rings. The Hall–Kier alpha value is -2.17. The minimum Gasteiger partial charge on any atom is -0.387 e. The number of benzene rings is 2. The number of rotatable bonds is 9. The first-order valence-corrected chi connectivity index (χ1v) is 12.3. The normalized spacial score (nSPS) is 27.4. The molecule has 0 saturated carbocycles. The number of Topliss-reactive ketones (excluding diaryl/α,β-unsaturated/α-hetero) is 1. The molecule has 36 heavy (non-hydrogen) atoms. The van der Waals surface area contributed by atoms with Gasteiger partial charge in [0.1, 0.15) is 37.1 Å². The zero-order valence-corrected chi connectivity index (χ0v) is 21.3. The third-order valence-electron chi connectivity index (χ3n) is 6.23. The third-order valence-corrected chi connectivity index (χ3v) is 6.23. The summed E-state index contributed by atoms with van der Waals surface area (Å²) in [5, 5.41) is 11.5. The van der Waals surface area contributed by atoms with Gasteiger partial charge < -0.3 is 33.5 Å². The number of ketones is 1. The first-order valence-electron chi connectivity index (χ1n) is 12.3. The molecule has 5 atom stereocenters. The van der Waals surface area contributed by atoms with Gasteiger partial charge in [-0.3, -0.25) is 4.79 Å². The lowest BCUT2D eigenvalue weighted by molar-refractivity contribution is -0.341. The molecule has 196 valence electrons. The average molecular weight is 501 g/mol. The van der Waals surface area contributed by atoms with E-state index >= 15 is 0 Å². The van der Waals surface area contributed by atoms with Crippen LogP contribution in [0.3, 0.4) is 0 Å². The van der Waals surface area contributed by atoms with E-state index in [1.807, 2.05) is 60.7 Å². The van der Waals surface area contributed by atoms with Gasteiger partial charge in [-0.1, -0.05) is 60.7 Å². The Morgan fingerprint density at radius 1 is 0.889 bits per heavy atom. The van der Waals surface area contributed by atoms with Crippen molar-refractivity contribution in [3.63, 3.8) is 0 Å². The fraction of sp³-hybridized carbons (Fsp3) is 0.536. The van der Waals surface area contributed by atoms with Crippen LogP contribution in [0.4, 0.5) is 0 Å². The highest BCUT2D eigenvalue weighted by Crippen LogP contribution is 2.32. The molecule has 1 N–H and O–H groups in total. The van der Waals surface area contributed by atoms with Gasteiger partial charge in [0.15, 0.2) is 17.4 Å². The molecular weight excluding hydrogens is 464 g/mol. The van der Waals surface area contributed by atoms with Gasteiger partial charge in [-0.15, -0.1) is 0 Å². The lowest BCUT2D eigenvalue weighted by atomic mass is 9.94. The lowest BCUT2D eigenvalue weighted by Gasteiger charge is -2.46. The minimum absolute atomic E-state index is 0.159. The van der Waals surface area contributed by atoms with Gasteiger partial charge >= 0.3 is 0 Å². The highest BCUT2D eigenvalue weighted by atomic mass is 16.7. The zero-order chi connectivity index (χ0) is 25.8. The van der Waals surface area contributed by atoms with Gasteiger partial charge in [-0.2, -0.15) is 0 Å². The monoisotopic (exact) mass is 500 g/mol. The van der Waals surface area contributed by atoms with Crippen LogP contribution >= 0.6 is 0 Å². The third kappa shape index (κ3) is 6.98. The van der Waals surface area contributed by atoms with E-state index in [1.165, 1.54) is 0 Å². The molecule has 8 nitrogen and oxygen atoms in total. The van der Waals surface area contributed by atoms with Crippen molar-refractivity contribution >= 4 is 5.78 Å². The zero-order valence-electron chi connectivity index (χ0n) is 21.3. The SMILES string of the molecule is CC1(C)OC[C@@H](OCc2ccccc2)[C@H]([C@@H](OCc2ccccc2)[C@H](O)[C@@H]2OC(C)(C)OCC2=O)O1. The standard InChI is InChI=1S/C28H36O8/c1-27(2)33-17-21(29)24(35-27)23(30)26(32-16-20-13-9-6-10-14-20)25-22(18-34-28(3,4)36-25)31-15-19-11-7-5-8-12-19/h5-14,22-26,30H,15-18H2,1-4H3/t22-,23-,24-,25-,26+/m1/s1. The summed E-state index contributed by atoms with van der Waals surface area (Å²) in [6.07, 6.45) is -4.71. The molecule has 2 fully saturated rings. The van der Waals surface area contributed by atoms with Crippen molar-refractivity contribution < 1.29 is 38.3 Å². The van der Waals surface area contributed by atoms with Crippen LogP contribution in [0.25, 0.3) is 0 Å². The van der Waals surface area contributed by atoms with E-state index in [0.717, 1.165) is 11.1 Å². The van der Waals surface area contributed by atoms with Crippen LogP contribution in [0.1, 0.15) is 38.8 Å². The second-order valence-corrected chi connectivity index (χ2v) is 10.1. The summed E-state index contributed by atoms with van der Waals surface area (Å²) in [7, 11) is 0. The molecule has 0 aromatic heterocycles. The second kappa shape index (κ2) is 11.5. The summed E-state index contributed by atoms with van der Waals surface area (Å²) >= 11 is 0. The Bertz CT molecular complexity index is 978. The Balaban J connectivity index is 1.60. The highest BCUT2D eigenvalue weighted by molar-refractivity contribution is 5.85. The van der Waals surface area contributed by atoms with Crippen LogP contribution in [0.2, 0.25) is 0 Å². The smallest absolute Gasteiger partial charge is 0.190 e. The Labute approximate surface area is 212 Å². The molecule has 8 heteroatoms. The Morgan fingerprint density at radius 3 is 2.11 bits per heavy atom. The van der Waals surface area contributed by atoms with E-state index in [4.69, 9.17) is 28.4 Å². The first-order chi connectivity index (χ1) is 17.1. The fourth-order valence-electron chi connectivity index (χ4n) is 4.33. The summed E-state index contributed by atoms with van der Waals surface area (Å²) < 4.78 is 36.0. The van der Waals surface area contributed by atoms with Crippen LogP contribution < -0.4 is 0 Å². The molecule has 0 aliphatic carbocycles. The maximum Gasteiger partial charge on any atom is 0.190 e. The minimum atomic E-state index is -1.33. The molecular formula is C28H36O8. The molecule has 0 spiro atoms. The summed E-state index contributed by atoms with van der Waals surface area (Å²) in [5.74, 6) is -2.32. The van der Waals surface area contributed by atoms with Gasteiger partial charge in [0.05, 0.1) is 19.8 Å². The van der Waals surface area contributed by atoms with Gasteiger partial charge in [0.25, 0.3) is 0 Å². The predicted molar refractivity (Wildman–Crippen MR) is 131 cm³/mol. The van der Waals surface area contributed by atoms with Crippen molar-refractivity contribution in [3.8, 4) is 0 Å². The van der Waals surface area contributed by atoms with E-state index < -0.39 is 42.1 Å². The Kier molecular flexibility index (Phi) is 8.57. The van der Waals surface area contributed by atoms with Gasteiger partial charge in [-0.25, -0.2) is 0 Å². The number of aliphatic hydroxyl groups is 1. The number of hydrogen-bond acceptors (Lipinski definition) is 8. The molecule has 2 heterocycles. The summed E-state index contributed by atoms with van der Waals surface area (Å²) in [4.78, 5) is 12.7. The van der Waals surface area contributed by atoms with Gasteiger partial charge in [0.2, 0.25) is 0 Å². The summed E-state index contributed by atoms with van der Waals surface area (Å²) in [6, 6.07) is 19.4. The molecule has 0 unspecified atom stereocenters. The number of carbonyl (C=O) groups excluding carboxylic acids is 1. The van der Waals surface area contributed by atoms with Gasteiger partial charge in [0, 0.05) is 0 Å². The van der Waals surface area contributed by atoms with Crippen molar-refractivity contribution in [1.29, 1.82) is 0 Å². The molecule has 2 aliphatic heterocycles. The molecule has 2 aromatic carbocycles. The van der Waals surface area contributed by atoms with Crippen molar-refractivity contribution in [2.24, 2.45) is 0 Å². The molecule has 0 radical (unpaired) electrons. The number of ether oxygens (including phenoxy) is 6. The average Bonchev–Trinajstić information content (AvgIpc) is 2.86. The lowest BCUT2D eigenvalue weighted by Crippen LogP contribution is -2.62. The molecule has 0 bridgehead atoms. The van der Waals surface area contributed by atoms with Crippen LogP contribution in [-0.2, 0) is 46.4 Å². The summed E-state index contributed by atoms with van der Waals surface area (Å²) in [6.45, 7) is 7.62. The highest BCUT2D eigenvalue weighted by Gasteiger charge is 2.50. The van der Waals surface area contributed by atoms with Crippen LogP contribution in [0.15, 0.2) is 60.7 Å². The van der Waals surface area contributed by atoms with E-state index in [1.54, 1.807) is 27.7 Å².